The number of rotatable bonds is 6. The topological polar surface area (TPSA) is 87.3 Å². The number of nitrogens with one attached hydrogen (secondary N) is 2. The Kier molecular flexibility index (Phi) is 6.32. The van der Waals surface area contributed by atoms with Gasteiger partial charge in [0, 0.05) is 49.7 Å². The molecule has 0 bridgehead atoms. The molecule has 1 unspecified atom stereocenters. The summed E-state index contributed by atoms with van der Waals surface area (Å²) in [7, 11) is 0. The average Bonchev–Trinajstić information content (AvgIpc) is 3.42. The van der Waals surface area contributed by atoms with Gasteiger partial charge < -0.3 is 15.0 Å². The SMILES string of the molecule is O=C(NCC1(c2ccccc2)CCOCC1)C1CC12CCN(C(=O)c1cc(-c3ccccc3)n[nH]1)CC2. The normalized spacial score (nSPS) is 21.9. The highest BCUT2D eigenvalue weighted by atomic mass is 16.5. The first-order valence-electron chi connectivity index (χ1n) is 13.4. The van der Waals surface area contributed by atoms with Crippen LogP contribution in [0.5, 0.6) is 0 Å². The van der Waals surface area contributed by atoms with E-state index >= 15 is 0 Å². The number of likely N-dealkylation sites (tertiary alicyclic amines) is 1. The lowest BCUT2D eigenvalue weighted by atomic mass is 9.74. The first kappa shape index (κ1) is 23.9. The molecule has 1 saturated carbocycles. The van der Waals surface area contributed by atoms with Gasteiger partial charge in [-0.15, -0.1) is 0 Å². The van der Waals surface area contributed by atoms with E-state index in [1.165, 1.54) is 5.56 Å². The second-order valence-electron chi connectivity index (χ2n) is 10.9. The number of hydrogen-bond acceptors (Lipinski definition) is 4. The maximum atomic E-state index is 13.2. The summed E-state index contributed by atoms with van der Waals surface area (Å²) in [4.78, 5) is 28.2. The maximum Gasteiger partial charge on any atom is 0.271 e. The number of nitrogens with zero attached hydrogens (tertiary/aromatic N) is 2. The summed E-state index contributed by atoms with van der Waals surface area (Å²) < 4.78 is 5.64. The fourth-order valence-electron chi connectivity index (χ4n) is 6.29. The number of hydrogen-bond donors (Lipinski definition) is 2. The summed E-state index contributed by atoms with van der Waals surface area (Å²) in [5.74, 6) is 0.201. The summed E-state index contributed by atoms with van der Waals surface area (Å²) >= 11 is 0. The maximum absolute atomic E-state index is 13.2. The molecule has 2 N–H and O–H groups in total. The van der Waals surface area contributed by atoms with Crippen LogP contribution in [0.25, 0.3) is 11.3 Å². The zero-order valence-corrected chi connectivity index (χ0v) is 21.1. The van der Waals surface area contributed by atoms with E-state index in [0.717, 1.165) is 56.6 Å². The Morgan fingerprint density at radius 1 is 0.973 bits per heavy atom. The van der Waals surface area contributed by atoms with Crippen LogP contribution in [0.2, 0.25) is 0 Å². The highest BCUT2D eigenvalue weighted by molar-refractivity contribution is 5.93. The van der Waals surface area contributed by atoms with Crippen LogP contribution in [0.4, 0.5) is 0 Å². The fourth-order valence-corrected chi connectivity index (χ4v) is 6.29. The van der Waals surface area contributed by atoms with Gasteiger partial charge in [0.2, 0.25) is 5.91 Å². The molecule has 7 heteroatoms. The Morgan fingerprint density at radius 2 is 1.65 bits per heavy atom. The van der Waals surface area contributed by atoms with E-state index in [1.54, 1.807) is 0 Å². The van der Waals surface area contributed by atoms with E-state index in [4.69, 9.17) is 4.74 Å². The molecule has 192 valence electrons. The molecule has 2 aromatic carbocycles. The van der Waals surface area contributed by atoms with Crippen LogP contribution >= 0.6 is 0 Å². The summed E-state index contributed by atoms with van der Waals surface area (Å²) in [5, 5.41) is 10.6. The van der Waals surface area contributed by atoms with Crippen molar-refractivity contribution in [1.82, 2.24) is 20.4 Å². The van der Waals surface area contributed by atoms with Crippen molar-refractivity contribution in [2.75, 3.05) is 32.8 Å². The van der Waals surface area contributed by atoms with Gasteiger partial charge in [-0.05, 0) is 49.1 Å². The highest BCUT2D eigenvalue weighted by Gasteiger charge is 2.59. The number of amides is 2. The summed E-state index contributed by atoms with van der Waals surface area (Å²) in [6.45, 7) is 3.46. The third-order valence-electron chi connectivity index (χ3n) is 8.87. The van der Waals surface area contributed by atoms with Gasteiger partial charge in [-0.2, -0.15) is 5.10 Å². The molecule has 1 aromatic heterocycles. The van der Waals surface area contributed by atoms with E-state index in [9.17, 15) is 9.59 Å². The van der Waals surface area contributed by atoms with Crippen molar-refractivity contribution in [3.63, 3.8) is 0 Å². The molecule has 1 aliphatic carbocycles. The van der Waals surface area contributed by atoms with Gasteiger partial charge in [-0.1, -0.05) is 60.7 Å². The molecule has 0 radical (unpaired) electrons. The third kappa shape index (κ3) is 4.68. The minimum absolute atomic E-state index is 0.0181. The zero-order chi connectivity index (χ0) is 25.3. The highest BCUT2D eigenvalue weighted by Crippen LogP contribution is 2.59. The van der Waals surface area contributed by atoms with Crippen molar-refractivity contribution in [3.05, 3.63) is 78.0 Å². The van der Waals surface area contributed by atoms with Crippen LogP contribution < -0.4 is 5.32 Å². The number of benzene rings is 2. The molecule has 2 aliphatic heterocycles. The number of aromatic nitrogens is 2. The van der Waals surface area contributed by atoms with Crippen molar-refractivity contribution in [1.29, 1.82) is 0 Å². The number of piperidine rings is 1. The van der Waals surface area contributed by atoms with E-state index in [0.29, 0.717) is 25.3 Å². The van der Waals surface area contributed by atoms with Gasteiger partial charge in [0.1, 0.15) is 5.69 Å². The van der Waals surface area contributed by atoms with Crippen LogP contribution in [0.15, 0.2) is 66.7 Å². The van der Waals surface area contributed by atoms with Gasteiger partial charge in [0.25, 0.3) is 5.91 Å². The molecule has 1 atom stereocenters. The Hall–Kier alpha value is -3.45. The summed E-state index contributed by atoms with van der Waals surface area (Å²) in [6.07, 6.45) is 4.50. The van der Waals surface area contributed by atoms with Gasteiger partial charge in [0.05, 0.1) is 5.69 Å². The molecule has 3 heterocycles. The van der Waals surface area contributed by atoms with Crippen molar-refractivity contribution in [3.8, 4) is 11.3 Å². The van der Waals surface area contributed by atoms with Gasteiger partial charge in [0.15, 0.2) is 0 Å². The summed E-state index contributed by atoms with van der Waals surface area (Å²) in [5.41, 5.74) is 3.54. The molecule has 6 rings (SSSR count). The number of H-pyrrole nitrogens is 1. The van der Waals surface area contributed by atoms with Crippen LogP contribution in [0.1, 0.15) is 48.2 Å². The Morgan fingerprint density at radius 3 is 2.35 bits per heavy atom. The van der Waals surface area contributed by atoms with Gasteiger partial charge in [-0.3, -0.25) is 14.7 Å². The van der Waals surface area contributed by atoms with Crippen LogP contribution in [-0.2, 0) is 14.9 Å². The van der Waals surface area contributed by atoms with E-state index in [1.807, 2.05) is 47.4 Å². The molecule has 2 amide bonds. The third-order valence-corrected chi connectivity index (χ3v) is 8.87. The Balaban J connectivity index is 1.04. The van der Waals surface area contributed by atoms with Crippen molar-refractivity contribution >= 4 is 11.8 Å². The summed E-state index contributed by atoms with van der Waals surface area (Å²) in [6, 6.07) is 22.2. The number of carbonyl (C=O) groups excluding carboxylic acids is 2. The zero-order valence-electron chi connectivity index (χ0n) is 21.1. The van der Waals surface area contributed by atoms with Crippen molar-refractivity contribution < 1.29 is 14.3 Å². The quantitative estimate of drug-likeness (QED) is 0.534. The van der Waals surface area contributed by atoms with Gasteiger partial charge >= 0.3 is 0 Å². The number of carbonyl (C=O) groups is 2. The molecule has 3 aromatic rings. The molecule has 37 heavy (non-hydrogen) atoms. The Bertz CT molecular complexity index is 1240. The second-order valence-corrected chi connectivity index (χ2v) is 10.9. The lowest BCUT2D eigenvalue weighted by Gasteiger charge is -2.38. The minimum Gasteiger partial charge on any atom is -0.381 e. The lowest BCUT2D eigenvalue weighted by Crippen LogP contribution is -2.46. The van der Waals surface area contributed by atoms with Crippen molar-refractivity contribution in [2.24, 2.45) is 11.3 Å². The Labute approximate surface area is 217 Å². The monoisotopic (exact) mass is 498 g/mol. The largest absolute Gasteiger partial charge is 0.381 e. The second kappa shape index (κ2) is 9.78. The number of aromatic amines is 1. The molecule has 7 nitrogen and oxygen atoms in total. The predicted molar refractivity (Wildman–Crippen MR) is 141 cm³/mol. The van der Waals surface area contributed by atoms with Gasteiger partial charge in [-0.25, -0.2) is 0 Å². The molecular formula is C30H34N4O3. The lowest BCUT2D eigenvalue weighted by molar-refractivity contribution is -0.123. The average molecular weight is 499 g/mol. The predicted octanol–water partition coefficient (Wildman–Crippen LogP) is 4.18. The minimum atomic E-state index is -0.0598. The molecule has 3 aliphatic rings. The standard InChI is InChI=1S/C30H34N4O3/c35-27(31-21-30(13-17-37-18-14-30)23-9-5-2-6-10-23)24-20-29(24)11-15-34(16-12-29)28(36)26-19-25(32-33-26)22-7-3-1-4-8-22/h1-10,19,24H,11-18,20-21H2,(H,31,35)(H,32,33). The molecular weight excluding hydrogens is 464 g/mol. The van der Waals surface area contributed by atoms with E-state index in [-0.39, 0.29) is 28.6 Å². The molecule has 1 spiro atoms. The first-order valence-corrected chi connectivity index (χ1v) is 13.4. The smallest absolute Gasteiger partial charge is 0.271 e. The fraction of sp³-hybridized carbons (Fsp3) is 0.433. The van der Waals surface area contributed by atoms with Crippen LogP contribution in [0.3, 0.4) is 0 Å². The van der Waals surface area contributed by atoms with E-state index in [2.05, 4.69) is 39.8 Å². The first-order chi connectivity index (χ1) is 18.1. The van der Waals surface area contributed by atoms with E-state index < -0.39 is 0 Å². The van der Waals surface area contributed by atoms with Crippen LogP contribution in [0, 0.1) is 11.3 Å². The number of ether oxygens (including phenoxy) is 1. The van der Waals surface area contributed by atoms with Crippen LogP contribution in [-0.4, -0.2) is 59.8 Å². The van der Waals surface area contributed by atoms with Crippen molar-refractivity contribution in [2.45, 2.75) is 37.5 Å². The molecule has 3 fully saturated rings. The molecule has 2 saturated heterocycles.